The van der Waals surface area contributed by atoms with Gasteiger partial charge in [0.05, 0.1) is 10.5 Å². The molecule has 0 fully saturated rings. The minimum atomic E-state index is -3.17. The first-order valence-electron chi connectivity index (χ1n) is 5.41. The van der Waals surface area contributed by atoms with Gasteiger partial charge in [-0.15, -0.1) is 0 Å². The molecule has 0 saturated carbocycles. The number of hydrogen-bond donors (Lipinski definition) is 1. The van der Waals surface area contributed by atoms with Gasteiger partial charge in [-0.05, 0) is 33.7 Å². The van der Waals surface area contributed by atoms with Crippen molar-refractivity contribution in [3.8, 4) is 0 Å². The van der Waals surface area contributed by atoms with E-state index in [1.165, 1.54) is 0 Å². The van der Waals surface area contributed by atoms with E-state index in [0.717, 1.165) is 0 Å². The lowest BCUT2D eigenvalue weighted by Gasteiger charge is -2.19. The lowest BCUT2D eigenvalue weighted by molar-refractivity contribution is 0.561. The Morgan fingerprint density at radius 1 is 1.31 bits per heavy atom. The second-order valence-corrected chi connectivity index (χ2v) is 9.74. The zero-order chi connectivity index (χ0) is 13.0. The van der Waals surface area contributed by atoms with Crippen LogP contribution in [0.25, 0.3) is 0 Å². The third-order valence-corrected chi connectivity index (χ3v) is 7.11. The predicted octanol–water partition coefficient (Wildman–Crippen LogP) is 0.686. The zero-order valence-corrected chi connectivity index (χ0v) is 12.2. The maximum absolute atomic E-state index is 11.8. The molecule has 2 unspecified atom stereocenters. The van der Waals surface area contributed by atoms with Crippen LogP contribution in [0.5, 0.6) is 0 Å². The second-order valence-electron chi connectivity index (χ2n) is 4.90. The van der Waals surface area contributed by atoms with Crippen molar-refractivity contribution >= 4 is 20.6 Å². The molecule has 0 aromatic carbocycles. The molecule has 0 bridgehead atoms. The molecule has 0 spiro atoms. The Hall–Kier alpha value is 0.0600. The largest absolute Gasteiger partial charge is 0.330 e. The molecule has 0 saturated heterocycles. The lowest BCUT2D eigenvalue weighted by atomic mass is 10.3. The summed E-state index contributed by atoms with van der Waals surface area (Å²) in [4.78, 5) is 0. The molecule has 4 nitrogen and oxygen atoms in total. The monoisotopic (exact) mass is 269 g/mol. The van der Waals surface area contributed by atoms with Gasteiger partial charge in [0, 0.05) is 21.8 Å². The maximum Gasteiger partial charge on any atom is 0.156 e. The van der Waals surface area contributed by atoms with Crippen molar-refractivity contribution in [3.05, 3.63) is 0 Å². The zero-order valence-electron chi connectivity index (χ0n) is 10.5. The molecule has 0 rings (SSSR count). The fourth-order valence-electron chi connectivity index (χ4n) is 1.07. The van der Waals surface area contributed by atoms with Crippen molar-refractivity contribution in [2.24, 2.45) is 5.73 Å². The van der Waals surface area contributed by atoms with E-state index < -0.39 is 25.4 Å². The molecule has 0 aromatic rings. The van der Waals surface area contributed by atoms with Crippen LogP contribution in [0.2, 0.25) is 0 Å². The summed E-state index contributed by atoms with van der Waals surface area (Å²) < 4.78 is 34.5. The number of rotatable bonds is 6. The standard InChI is InChI=1S/C10H23NO3S2/c1-9(5-6-11)15(12)7-8-16(13,14)10(2,3)4/h9H,5-8,11H2,1-4H3. The highest BCUT2D eigenvalue weighted by molar-refractivity contribution is 7.94. The van der Waals surface area contributed by atoms with Crippen LogP contribution in [0, 0.1) is 0 Å². The number of sulfone groups is 1. The van der Waals surface area contributed by atoms with Crippen molar-refractivity contribution in [1.82, 2.24) is 0 Å². The Morgan fingerprint density at radius 2 is 1.81 bits per heavy atom. The van der Waals surface area contributed by atoms with Crippen LogP contribution in [0.1, 0.15) is 34.1 Å². The summed E-state index contributed by atoms with van der Waals surface area (Å²) in [7, 11) is -4.27. The van der Waals surface area contributed by atoms with E-state index in [4.69, 9.17) is 5.73 Å². The first-order chi connectivity index (χ1) is 7.12. The van der Waals surface area contributed by atoms with E-state index in [2.05, 4.69) is 0 Å². The van der Waals surface area contributed by atoms with Gasteiger partial charge in [-0.3, -0.25) is 4.21 Å². The highest BCUT2D eigenvalue weighted by atomic mass is 32.2. The Kier molecular flexibility index (Phi) is 6.14. The molecule has 0 aliphatic carbocycles. The predicted molar refractivity (Wildman–Crippen MR) is 69.7 cm³/mol. The second kappa shape index (κ2) is 6.12. The molecule has 6 heteroatoms. The molecule has 0 aromatic heterocycles. The molecular weight excluding hydrogens is 246 g/mol. The van der Waals surface area contributed by atoms with Crippen LogP contribution in [-0.4, -0.2) is 40.7 Å². The third kappa shape index (κ3) is 4.93. The van der Waals surface area contributed by atoms with Crippen LogP contribution in [0.3, 0.4) is 0 Å². The van der Waals surface area contributed by atoms with Crippen molar-refractivity contribution in [1.29, 1.82) is 0 Å². The minimum Gasteiger partial charge on any atom is -0.330 e. The molecule has 2 atom stereocenters. The van der Waals surface area contributed by atoms with Gasteiger partial charge in [-0.2, -0.15) is 0 Å². The van der Waals surface area contributed by atoms with E-state index in [1.54, 1.807) is 20.8 Å². The SMILES string of the molecule is CC(CCN)S(=O)CCS(=O)(=O)C(C)(C)C. The molecule has 0 heterocycles. The topological polar surface area (TPSA) is 77.2 Å². The fraction of sp³-hybridized carbons (Fsp3) is 1.00. The molecule has 0 aliphatic heterocycles. The molecule has 2 N–H and O–H groups in total. The van der Waals surface area contributed by atoms with Gasteiger partial charge in [0.2, 0.25) is 0 Å². The first kappa shape index (κ1) is 16.1. The van der Waals surface area contributed by atoms with Crippen LogP contribution in [0.4, 0.5) is 0 Å². The van der Waals surface area contributed by atoms with Crippen molar-refractivity contribution in [2.45, 2.75) is 44.1 Å². The van der Waals surface area contributed by atoms with Gasteiger partial charge >= 0.3 is 0 Å². The molecular formula is C10H23NO3S2. The highest BCUT2D eigenvalue weighted by Gasteiger charge is 2.29. The lowest BCUT2D eigenvalue weighted by Crippen LogP contribution is -2.33. The van der Waals surface area contributed by atoms with Gasteiger partial charge in [0.15, 0.2) is 9.84 Å². The third-order valence-electron chi connectivity index (χ3n) is 2.51. The van der Waals surface area contributed by atoms with Gasteiger partial charge in [0.1, 0.15) is 0 Å². The van der Waals surface area contributed by atoms with Crippen molar-refractivity contribution in [3.63, 3.8) is 0 Å². The Balaban J connectivity index is 4.32. The van der Waals surface area contributed by atoms with Crippen LogP contribution in [-0.2, 0) is 20.6 Å². The molecule has 0 aliphatic rings. The van der Waals surface area contributed by atoms with Gasteiger partial charge in [-0.25, -0.2) is 8.42 Å². The summed E-state index contributed by atoms with van der Waals surface area (Å²) >= 11 is 0. The minimum absolute atomic E-state index is 0.0159. The first-order valence-corrected chi connectivity index (χ1v) is 8.45. The Labute approximate surface area is 101 Å². The van der Waals surface area contributed by atoms with Gasteiger partial charge < -0.3 is 5.73 Å². The van der Waals surface area contributed by atoms with Crippen molar-refractivity contribution in [2.75, 3.05) is 18.1 Å². The normalized spacial score (nSPS) is 17.1. The fourth-order valence-corrected chi connectivity index (χ4v) is 4.01. The molecule has 0 radical (unpaired) electrons. The summed E-state index contributed by atoms with van der Waals surface area (Å²) in [6.07, 6.45) is 0.669. The van der Waals surface area contributed by atoms with Gasteiger partial charge in [0.25, 0.3) is 0 Å². The molecule has 98 valence electrons. The van der Waals surface area contributed by atoms with E-state index in [9.17, 15) is 12.6 Å². The quantitative estimate of drug-likeness (QED) is 0.769. The number of nitrogens with two attached hydrogens (primary N) is 1. The maximum atomic E-state index is 11.8. The summed E-state index contributed by atoms with van der Waals surface area (Å²) in [6.45, 7) is 7.31. The average Bonchev–Trinajstić information content (AvgIpc) is 2.12. The summed E-state index contributed by atoms with van der Waals surface area (Å²) in [5.74, 6) is 0.193. The van der Waals surface area contributed by atoms with Crippen LogP contribution >= 0.6 is 0 Å². The highest BCUT2D eigenvalue weighted by Crippen LogP contribution is 2.16. The average molecular weight is 269 g/mol. The number of hydrogen-bond acceptors (Lipinski definition) is 4. The molecule has 16 heavy (non-hydrogen) atoms. The Morgan fingerprint density at radius 3 is 2.19 bits per heavy atom. The van der Waals surface area contributed by atoms with Crippen LogP contribution < -0.4 is 5.73 Å². The van der Waals surface area contributed by atoms with Crippen molar-refractivity contribution < 1.29 is 12.6 Å². The summed E-state index contributed by atoms with van der Waals surface area (Å²) in [6, 6.07) is 0. The van der Waals surface area contributed by atoms with Gasteiger partial charge in [-0.1, -0.05) is 6.92 Å². The summed E-state index contributed by atoms with van der Waals surface area (Å²) in [5.41, 5.74) is 5.37. The van der Waals surface area contributed by atoms with Crippen LogP contribution in [0.15, 0.2) is 0 Å². The Bertz CT molecular complexity index is 330. The summed E-state index contributed by atoms with van der Waals surface area (Å²) in [5, 5.41) is -0.0276. The molecule has 0 amide bonds. The van der Waals surface area contributed by atoms with E-state index in [1.807, 2.05) is 6.92 Å². The van der Waals surface area contributed by atoms with E-state index >= 15 is 0 Å². The van der Waals surface area contributed by atoms with E-state index in [0.29, 0.717) is 13.0 Å². The van der Waals surface area contributed by atoms with E-state index in [-0.39, 0.29) is 16.8 Å². The smallest absolute Gasteiger partial charge is 0.156 e.